The molecule has 106 valence electrons. The largest absolute Gasteiger partial charge is 0.398 e. The van der Waals surface area contributed by atoms with Gasteiger partial charge in [-0.2, -0.15) is 0 Å². The number of benzene rings is 1. The predicted molar refractivity (Wildman–Crippen MR) is 82.2 cm³/mol. The molecule has 2 N–H and O–H groups in total. The van der Waals surface area contributed by atoms with E-state index in [9.17, 15) is 0 Å². The molecule has 0 atom stereocenters. The van der Waals surface area contributed by atoms with Crippen molar-refractivity contribution in [2.75, 3.05) is 5.73 Å². The van der Waals surface area contributed by atoms with Gasteiger partial charge in [-0.3, -0.25) is 0 Å². The molecule has 1 aromatic heterocycles. The fraction of sp³-hybridized carbons (Fsp3) is 0.500. The van der Waals surface area contributed by atoms with Gasteiger partial charge in [0.05, 0.1) is 5.54 Å². The summed E-state index contributed by atoms with van der Waals surface area (Å²) in [5.41, 5.74) is 8.84. The molecule has 3 rings (SSSR count). The van der Waals surface area contributed by atoms with Crippen LogP contribution in [0.3, 0.4) is 0 Å². The molecule has 1 saturated carbocycles. The molecule has 1 aliphatic carbocycles. The van der Waals surface area contributed by atoms with Gasteiger partial charge in [0.15, 0.2) is 5.82 Å². The molecule has 2 aromatic rings. The van der Waals surface area contributed by atoms with Crippen LogP contribution < -0.4 is 5.73 Å². The maximum Gasteiger partial charge on any atom is 0.182 e. The SMILES string of the molecule is Cc1c(N)cc(Br)cc1-c1nnnn1C1(C)CCCC1. The highest BCUT2D eigenvalue weighted by Gasteiger charge is 2.34. The van der Waals surface area contributed by atoms with E-state index in [-0.39, 0.29) is 5.54 Å². The van der Waals surface area contributed by atoms with Crippen molar-refractivity contribution in [2.45, 2.75) is 45.1 Å². The van der Waals surface area contributed by atoms with E-state index in [2.05, 4.69) is 38.4 Å². The highest BCUT2D eigenvalue weighted by molar-refractivity contribution is 9.10. The molecule has 0 unspecified atom stereocenters. The molecule has 20 heavy (non-hydrogen) atoms. The molecule has 1 aromatic carbocycles. The Kier molecular flexibility index (Phi) is 3.28. The number of nitrogens with two attached hydrogens (primary N) is 1. The summed E-state index contributed by atoms with van der Waals surface area (Å²) < 4.78 is 2.93. The maximum atomic E-state index is 6.06. The number of nitrogen functional groups attached to an aromatic ring is 1. The van der Waals surface area contributed by atoms with Gasteiger partial charge in [0.1, 0.15) is 0 Å². The second-order valence-corrected chi connectivity index (χ2v) is 6.70. The summed E-state index contributed by atoms with van der Waals surface area (Å²) in [6.07, 6.45) is 4.70. The van der Waals surface area contributed by atoms with Crippen LogP contribution in [0.25, 0.3) is 11.4 Å². The number of hydrogen-bond donors (Lipinski definition) is 1. The van der Waals surface area contributed by atoms with E-state index in [1.165, 1.54) is 12.8 Å². The van der Waals surface area contributed by atoms with Gasteiger partial charge >= 0.3 is 0 Å². The number of anilines is 1. The summed E-state index contributed by atoms with van der Waals surface area (Å²) in [5.74, 6) is 0.805. The minimum atomic E-state index is 0.0162. The third-order valence-electron chi connectivity index (χ3n) is 4.32. The Hall–Kier alpha value is -1.43. The van der Waals surface area contributed by atoms with Gasteiger partial charge in [0.25, 0.3) is 0 Å². The maximum absolute atomic E-state index is 6.06. The van der Waals surface area contributed by atoms with E-state index in [1.54, 1.807) is 0 Å². The van der Waals surface area contributed by atoms with Gasteiger partial charge in [-0.1, -0.05) is 28.8 Å². The minimum Gasteiger partial charge on any atom is -0.398 e. The van der Waals surface area contributed by atoms with Crippen molar-refractivity contribution in [1.29, 1.82) is 0 Å². The number of nitrogens with zero attached hydrogens (tertiary/aromatic N) is 4. The van der Waals surface area contributed by atoms with Crippen LogP contribution in [0.15, 0.2) is 16.6 Å². The van der Waals surface area contributed by atoms with Gasteiger partial charge in [-0.25, -0.2) is 4.68 Å². The van der Waals surface area contributed by atoms with Crippen LogP contribution in [-0.4, -0.2) is 20.2 Å². The Morgan fingerprint density at radius 1 is 1.30 bits per heavy atom. The first-order valence-electron chi connectivity index (χ1n) is 6.86. The third kappa shape index (κ3) is 2.12. The van der Waals surface area contributed by atoms with Crippen molar-refractivity contribution in [2.24, 2.45) is 0 Å². The molecule has 6 heteroatoms. The lowest BCUT2D eigenvalue weighted by Gasteiger charge is -2.25. The molecule has 0 amide bonds. The highest BCUT2D eigenvalue weighted by Crippen LogP contribution is 2.39. The quantitative estimate of drug-likeness (QED) is 0.855. The van der Waals surface area contributed by atoms with E-state index in [4.69, 9.17) is 5.73 Å². The van der Waals surface area contributed by atoms with Crippen molar-refractivity contribution < 1.29 is 0 Å². The van der Waals surface area contributed by atoms with E-state index < -0.39 is 0 Å². The van der Waals surface area contributed by atoms with E-state index >= 15 is 0 Å². The number of aromatic nitrogens is 4. The second kappa shape index (κ2) is 4.84. The standard InChI is InChI=1S/C14H18BrN5/c1-9-11(7-10(15)8-12(9)16)13-17-18-19-20(13)14(2)5-3-4-6-14/h7-8H,3-6,16H2,1-2H3. The first kappa shape index (κ1) is 13.5. The summed E-state index contributed by atoms with van der Waals surface area (Å²) in [4.78, 5) is 0. The van der Waals surface area contributed by atoms with Crippen LogP contribution in [0, 0.1) is 6.92 Å². The Morgan fingerprint density at radius 3 is 2.70 bits per heavy atom. The average Bonchev–Trinajstić information content (AvgIpc) is 3.03. The molecule has 1 aliphatic rings. The van der Waals surface area contributed by atoms with Crippen LogP contribution >= 0.6 is 15.9 Å². The molecule has 0 aliphatic heterocycles. The number of halogens is 1. The van der Waals surface area contributed by atoms with Gasteiger partial charge in [0.2, 0.25) is 0 Å². The van der Waals surface area contributed by atoms with Crippen molar-refractivity contribution in [3.63, 3.8) is 0 Å². The lowest BCUT2D eigenvalue weighted by Crippen LogP contribution is -2.28. The van der Waals surface area contributed by atoms with Crippen LogP contribution in [-0.2, 0) is 5.54 Å². The van der Waals surface area contributed by atoms with Gasteiger partial charge in [0, 0.05) is 15.7 Å². The highest BCUT2D eigenvalue weighted by atomic mass is 79.9. The number of hydrogen-bond acceptors (Lipinski definition) is 4. The van der Waals surface area contributed by atoms with Crippen LogP contribution in [0.2, 0.25) is 0 Å². The third-order valence-corrected chi connectivity index (χ3v) is 4.77. The second-order valence-electron chi connectivity index (χ2n) is 5.79. The lowest BCUT2D eigenvalue weighted by molar-refractivity contribution is 0.292. The average molecular weight is 336 g/mol. The molecular formula is C14H18BrN5. The molecule has 0 spiro atoms. The fourth-order valence-corrected chi connectivity index (χ4v) is 3.48. The molecule has 0 radical (unpaired) electrons. The predicted octanol–water partition coefficient (Wildman–Crippen LogP) is 3.28. The molecule has 0 saturated heterocycles. The molecule has 5 nitrogen and oxygen atoms in total. The Bertz CT molecular complexity index is 643. The number of rotatable bonds is 2. The normalized spacial score (nSPS) is 17.6. The lowest BCUT2D eigenvalue weighted by atomic mass is 9.99. The molecule has 1 fully saturated rings. The first-order valence-corrected chi connectivity index (χ1v) is 7.65. The minimum absolute atomic E-state index is 0.0162. The zero-order valence-corrected chi connectivity index (χ0v) is 13.3. The van der Waals surface area contributed by atoms with E-state index in [0.29, 0.717) is 0 Å². The molecule has 1 heterocycles. The van der Waals surface area contributed by atoms with Gasteiger partial charge < -0.3 is 5.73 Å². The zero-order valence-electron chi connectivity index (χ0n) is 11.7. The Balaban J connectivity index is 2.15. The fourth-order valence-electron chi connectivity index (χ4n) is 3.00. The first-order chi connectivity index (χ1) is 9.51. The molecule has 0 bridgehead atoms. The smallest absolute Gasteiger partial charge is 0.182 e. The zero-order chi connectivity index (χ0) is 14.3. The Labute approximate surface area is 126 Å². The van der Waals surface area contributed by atoms with Crippen LogP contribution in [0.5, 0.6) is 0 Å². The van der Waals surface area contributed by atoms with Crippen molar-refractivity contribution >= 4 is 21.6 Å². The Morgan fingerprint density at radius 2 is 2.00 bits per heavy atom. The van der Waals surface area contributed by atoms with Crippen LogP contribution in [0.4, 0.5) is 5.69 Å². The van der Waals surface area contributed by atoms with Crippen molar-refractivity contribution in [3.05, 3.63) is 22.2 Å². The monoisotopic (exact) mass is 335 g/mol. The van der Waals surface area contributed by atoms with Crippen molar-refractivity contribution in [3.8, 4) is 11.4 Å². The topological polar surface area (TPSA) is 69.6 Å². The summed E-state index contributed by atoms with van der Waals surface area (Å²) in [6, 6.07) is 3.94. The van der Waals surface area contributed by atoms with Crippen molar-refractivity contribution in [1.82, 2.24) is 20.2 Å². The van der Waals surface area contributed by atoms with E-state index in [0.717, 1.165) is 40.0 Å². The summed E-state index contributed by atoms with van der Waals surface area (Å²) >= 11 is 3.50. The summed E-state index contributed by atoms with van der Waals surface area (Å²) in [5, 5.41) is 12.4. The van der Waals surface area contributed by atoms with Crippen LogP contribution in [0.1, 0.15) is 38.2 Å². The molecular weight excluding hydrogens is 318 g/mol. The van der Waals surface area contributed by atoms with Gasteiger partial charge in [-0.15, -0.1) is 5.10 Å². The summed E-state index contributed by atoms with van der Waals surface area (Å²) in [6.45, 7) is 4.24. The van der Waals surface area contributed by atoms with E-state index in [1.807, 2.05) is 23.7 Å². The summed E-state index contributed by atoms with van der Waals surface area (Å²) in [7, 11) is 0. The number of tetrazole rings is 1. The van der Waals surface area contributed by atoms with Gasteiger partial charge in [-0.05, 0) is 54.8 Å².